The highest BCUT2D eigenvalue weighted by Gasteiger charge is 2.76. The number of esters is 1. The van der Waals surface area contributed by atoms with Gasteiger partial charge in [0, 0.05) is 16.2 Å². The minimum Gasteiger partial charge on any atom is -0.459 e. The van der Waals surface area contributed by atoms with Crippen LogP contribution < -0.4 is 0 Å². The van der Waals surface area contributed by atoms with Crippen LogP contribution in [0.1, 0.15) is 100 Å². The molecular formula is C24H42O5. The van der Waals surface area contributed by atoms with E-state index in [9.17, 15) is 20.1 Å². The number of carbonyl (C=O) groups excluding carboxylic acids is 1. The summed E-state index contributed by atoms with van der Waals surface area (Å²) in [5, 5.41) is 34.0. The third-order valence-corrected chi connectivity index (χ3v) is 9.24. The predicted molar refractivity (Wildman–Crippen MR) is 112 cm³/mol. The first-order valence-corrected chi connectivity index (χ1v) is 11.3. The van der Waals surface area contributed by atoms with E-state index in [2.05, 4.69) is 0 Å². The largest absolute Gasteiger partial charge is 0.459 e. The molecule has 4 rings (SSSR count). The van der Waals surface area contributed by atoms with Crippen molar-refractivity contribution < 1.29 is 24.9 Å². The molecule has 0 heterocycles. The molecule has 0 aromatic heterocycles. The van der Waals surface area contributed by atoms with Crippen LogP contribution in [0.15, 0.2) is 0 Å². The van der Waals surface area contributed by atoms with E-state index >= 15 is 0 Å². The van der Waals surface area contributed by atoms with Crippen LogP contribution in [0, 0.1) is 22.2 Å². The summed E-state index contributed by atoms with van der Waals surface area (Å²) in [7, 11) is 0. The van der Waals surface area contributed by atoms with E-state index in [0.717, 1.165) is 0 Å². The van der Waals surface area contributed by atoms with Gasteiger partial charge in [0.2, 0.25) is 0 Å². The van der Waals surface area contributed by atoms with Gasteiger partial charge in [0.1, 0.15) is 5.60 Å². The minimum atomic E-state index is -1.02. The molecule has 5 heteroatoms. The van der Waals surface area contributed by atoms with Crippen molar-refractivity contribution in [3.63, 3.8) is 0 Å². The standard InChI is InChI=1S/C24H42O5/c1-9-16(2)17(25)29-24-13-21(18(3,4)26)10-22(14-24,19(5,6)27)12-23(11-21,15-24)20(7,8)28/h16,26-28H,9-15H2,1-8H3. The Bertz CT molecular complexity index is 593. The first-order chi connectivity index (χ1) is 12.9. The van der Waals surface area contributed by atoms with Gasteiger partial charge in [-0.3, -0.25) is 4.79 Å². The highest BCUT2D eigenvalue weighted by Crippen LogP contribution is 2.77. The first-order valence-electron chi connectivity index (χ1n) is 11.3. The number of aliphatic hydroxyl groups is 3. The molecule has 1 unspecified atom stereocenters. The second-order valence-corrected chi connectivity index (χ2v) is 12.5. The van der Waals surface area contributed by atoms with Gasteiger partial charge in [-0.05, 0) is 86.5 Å². The SMILES string of the molecule is CCC(C)C(=O)OC12CC3(C(C)(C)O)CC(C(C)(C)O)(C1)CC(C(C)(C)O)(C2)C3. The van der Waals surface area contributed by atoms with Crippen molar-refractivity contribution >= 4 is 5.97 Å². The molecule has 168 valence electrons. The normalized spacial score (nSPS) is 40.8. The van der Waals surface area contributed by atoms with E-state index in [0.29, 0.717) is 44.9 Å². The average Bonchev–Trinajstić information content (AvgIpc) is 2.49. The Labute approximate surface area is 176 Å². The summed E-state index contributed by atoms with van der Waals surface area (Å²) >= 11 is 0. The van der Waals surface area contributed by atoms with Crippen LogP contribution >= 0.6 is 0 Å². The van der Waals surface area contributed by atoms with Crippen molar-refractivity contribution in [2.75, 3.05) is 0 Å². The molecule has 4 saturated carbocycles. The molecule has 0 amide bonds. The fraction of sp³-hybridized carbons (Fsp3) is 0.958. The maximum Gasteiger partial charge on any atom is 0.309 e. The summed E-state index contributed by atoms with van der Waals surface area (Å²) in [6.45, 7) is 14.9. The van der Waals surface area contributed by atoms with E-state index in [1.165, 1.54) is 0 Å². The van der Waals surface area contributed by atoms with Crippen molar-refractivity contribution in [1.82, 2.24) is 0 Å². The van der Waals surface area contributed by atoms with Gasteiger partial charge in [-0.1, -0.05) is 13.8 Å². The molecular weight excluding hydrogens is 368 g/mol. The van der Waals surface area contributed by atoms with Gasteiger partial charge in [0.05, 0.1) is 22.7 Å². The van der Waals surface area contributed by atoms with Crippen molar-refractivity contribution in [3.8, 4) is 0 Å². The summed E-state index contributed by atoms with van der Waals surface area (Å²) in [5.41, 5.74) is -5.42. The molecule has 3 N–H and O–H groups in total. The Balaban J connectivity index is 2.21. The molecule has 1 atom stereocenters. The van der Waals surface area contributed by atoms with Crippen LogP contribution in [0.5, 0.6) is 0 Å². The molecule has 0 spiro atoms. The quantitative estimate of drug-likeness (QED) is 0.577. The first kappa shape index (κ1) is 23.0. The lowest BCUT2D eigenvalue weighted by atomic mass is 9.32. The summed E-state index contributed by atoms with van der Waals surface area (Å²) in [5.74, 6) is -0.408. The maximum atomic E-state index is 12.9. The Morgan fingerprint density at radius 2 is 1.10 bits per heavy atom. The van der Waals surface area contributed by atoms with Crippen LogP contribution in [0.2, 0.25) is 0 Å². The fourth-order valence-corrected chi connectivity index (χ4v) is 7.08. The number of ether oxygens (including phenoxy) is 1. The number of hydrogen-bond acceptors (Lipinski definition) is 5. The van der Waals surface area contributed by atoms with Crippen LogP contribution in [0.4, 0.5) is 0 Å². The molecule has 4 bridgehead atoms. The topological polar surface area (TPSA) is 87.0 Å². The van der Waals surface area contributed by atoms with Crippen molar-refractivity contribution in [1.29, 1.82) is 0 Å². The highest BCUT2D eigenvalue weighted by atomic mass is 16.6. The summed E-state index contributed by atoms with van der Waals surface area (Å²) in [4.78, 5) is 12.9. The third kappa shape index (κ3) is 3.27. The molecule has 5 nitrogen and oxygen atoms in total. The molecule has 0 aliphatic heterocycles. The van der Waals surface area contributed by atoms with Gasteiger partial charge in [0.25, 0.3) is 0 Å². The van der Waals surface area contributed by atoms with Crippen molar-refractivity contribution in [2.24, 2.45) is 22.2 Å². The Kier molecular flexibility index (Phi) is 4.92. The summed E-state index contributed by atoms with van der Waals surface area (Å²) in [6, 6.07) is 0. The van der Waals surface area contributed by atoms with E-state index in [1.807, 2.05) is 55.4 Å². The Hall–Kier alpha value is -0.650. The Morgan fingerprint density at radius 1 is 0.793 bits per heavy atom. The highest BCUT2D eigenvalue weighted by molar-refractivity contribution is 5.72. The van der Waals surface area contributed by atoms with Gasteiger partial charge >= 0.3 is 5.97 Å². The molecule has 29 heavy (non-hydrogen) atoms. The monoisotopic (exact) mass is 410 g/mol. The van der Waals surface area contributed by atoms with Gasteiger partial charge in [0.15, 0.2) is 0 Å². The zero-order chi connectivity index (χ0) is 22.3. The van der Waals surface area contributed by atoms with Crippen LogP contribution in [-0.2, 0) is 9.53 Å². The fourth-order valence-electron chi connectivity index (χ4n) is 7.08. The molecule has 0 aromatic carbocycles. The van der Waals surface area contributed by atoms with Crippen molar-refractivity contribution in [3.05, 3.63) is 0 Å². The van der Waals surface area contributed by atoms with Gasteiger partial charge in [-0.25, -0.2) is 0 Å². The number of carbonyl (C=O) groups is 1. The summed E-state index contributed by atoms with van der Waals surface area (Å²) in [6.07, 6.45) is 4.48. The van der Waals surface area contributed by atoms with E-state index < -0.39 is 38.6 Å². The smallest absolute Gasteiger partial charge is 0.309 e. The number of hydrogen-bond donors (Lipinski definition) is 3. The third-order valence-electron chi connectivity index (χ3n) is 9.24. The molecule has 0 radical (unpaired) electrons. The summed E-state index contributed by atoms with van der Waals surface area (Å²) < 4.78 is 6.29. The van der Waals surface area contributed by atoms with Gasteiger partial charge < -0.3 is 20.1 Å². The van der Waals surface area contributed by atoms with Crippen molar-refractivity contribution in [2.45, 2.75) is 123 Å². The van der Waals surface area contributed by atoms with Gasteiger partial charge in [-0.2, -0.15) is 0 Å². The maximum absolute atomic E-state index is 12.9. The molecule has 4 aliphatic carbocycles. The van der Waals surface area contributed by atoms with E-state index in [-0.39, 0.29) is 11.9 Å². The van der Waals surface area contributed by atoms with Crippen LogP contribution in [0.25, 0.3) is 0 Å². The minimum absolute atomic E-state index is 0.197. The lowest BCUT2D eigenvalue weighted by Gasteiger charge is -2.75. The zero-order valence-electron chi connectivity index (χ0n) is 19.7. The predicted octanol–water partition coefficient (Wildman–Crippen LogP) is 3.97. The van der Waals surface area contributed by atoms with Crippen LogP contribution in [0.3, 0.4) is 0 Å². The average molecular weight is 411 g/mol. The zero-order valence-corrected chi connectivity index (χ0v) is 19.7. The lowest BCUT2D eigenvalue weighted by Crippen LogP contribution is -2.75. The second kappa shape index (κ2) is 6.20. The lowest BCUT2D eigenvalue weighted by molar-refractivity contribution is -0.332. The molecule has 0 saturated heterocycles. The van der Waals surface area contributed by atoms with E-state index in [4.69, 9.17) is 4.74 Å². The molecule has 4 aliphatic rings. The van der Waals surface area contributed by atoms with E-state index in [1.54, 1.807) is 0 Å². The Morgan fingerprint density at radius 3 is 1.34 bits per heavy atom. The second-order valence-electron chi connectivity index (χ2n) is 12.5. The van der Waals surface area contributed by atoms with Gasteiger partial charge in [-0.15, -0.1) is 0 Å². The number of rotatable bonds is 6. The molecule has 4 fully saturated rings. The van der Waals surface area contributed by atoms with Crippen LogP contribution in [-0.4, -0.2) is 43.7 Å². The molecule has 0 aromatic rings.